The molecule has 5 heteroatoms. The van der Waals surface area contributed by atoms with Gasteiger partial charge in [-0.25, -0.2) is 8.37 Å². The van der Waals surface area contributed by atoms with Crippen LogP contribution < -0.4 is 0 Å². The van der Waals surface area contributed by atoms with Gasteiger partial charge in [-0.2, -0.15) is 8.42 Å². The molecule has 0 amide bonds. The molecule has 0 saturated heterocycles. The van der Waals surface area contributed by atoms with Crippen LogP contribution in [-0.4, -0.2) is 21.1 Å². The molecule has 0 N–H and O–H groups in total. The molecule has 1 atom stereocenters. The second-order valence-electron chi connectivity index (χ2n) is 2.13. The summed E-state index contributed by atoms with van der Waals surface area (Å²) in [7, 11) is -3.74. The number of hydrogen-bond acceptors (Lipinski definition) is 4. The van der Waals surface area contributed by atoms with E-state index in [1.54, 1.807) is 13.8 Å². The summed E-state index contributed by atoms with van der Waals surface area (Å²) in [6.07, 6.45) is 0.332. The smallest absolute Gasteiger partial charge is 0.248 e. The van der Waals surface area contributed by atoms with Gasteiger partial charge in [0, 0.05) is 0 Å². The van der Waals surface area contributed by atoms with Gasteiger partial charge in [-0.15, -0.1) is 0 Å². The van der Waals surface area contributed by atoms with Crippen molar-refractivity contribution in [3.63, 3.8) is 0 Å². The molecule has 0 fully saturated rings. The Morgan fingerprint density at radius 2 is 1.91 bits per heavy atom. The molecule has 0 bridgehead atoms. The third kappa shape index (κ3) is 5.17. The quantitative estimate of drug-likeness (QED) is 0.638. The van der Waals surface area contributed by atoms with Crippen molar-refractivity contribution in [2.45, 2.75) is 33.3 Å². The molecule has 0 aromatic carbocycles. The molecule has 1 unspecified atom stereocenters. The van der Waals surface area contributed by atoms with Crippen molar-refractivity contribution < 1.29 is 16.8 Å². The zero-order valence-corrected chi connectivity index (χ0v) is 7.85. The van der Waals surface area contributed by atoms with Crippen LogP contribution in [0, 0.1) is 0 Å². The lowest BCUT2D eigenvalue weighted by Crippen LogP contribution is -2.16. The average Bonchev–Trinajstić information content (AvgIpc) is 1.86. The Kier molecular flexibility index (Phi) is 4.63. The topological polar surface area (TPSA) is 52.6 Å². The minimum Gasteiger partial charge on any atom is -0.248 e. The van der Waals surface area contributed by atoms with Crippen molar-refractivity contribution in [3.05, 3.63) is 0 Å². The molecule has 0 spiro atoms. The predicted molar refractivity (Wildman–Crippen MR) is 41.4 cm³/mol. The van der Waals surface area contributed by atoms with Crippen molar-refractivity contribution in [1.29, 1.82) is 0 Å². The van der Waals surface area contributed by atoms with Gasteiger partial charge in [0.05, 0.1) is 12.7 Å². The van der Waals surface area contributed by atoms with Gasteiger partial charge in [0.1, 0.15) is 0 Å². The number of rotatable bonds is 5. The third-order valence-electron chi connectivity index (χ3n) is 1.12. The summed E-state index contributed by atoms with van der Waals surface area (Å²) in [5, 5.41) is 0. The van der Waals surface area contributed by atoms with Crippen molar-refractivity contribution in [1.82, 2.24) is 0 Å². The molecule has 0 aromatic rings. The highest BCUT2D eigenvalue weighted by Gasteiger charge is 2.14. The van der Waals surface area contributed by atoms with Crippen LogP contribution in [0.5, 0.6) is 0 Å². The van der Waals surface area contributed by atoms with E-state index in [0.717, 1.165) is 0 Å². The first-order chi connectivity index (χ1) is 5.02. The highest BCUT2D eigenvalue weighted by Crippen LogP contribution is 2.03. The van der Waals surface area contributed by atoms with Crippen LogP contribution in [-0.2, 0) is 18.8 Å². The van der Waals surface area contributed by atoms with E-state index >= 15 is 0 Å². The van der Waals surface area contributed by atoms with E-state index < -0.39 is 10.4 Å². The average molecular weight is 182 g/mol. The van der Waals surface area contributed by atoms with Gasteiger partial charge in [-0.05, 0) is 20.3 Å². The first-order valence-corrected chi connectivity index (χ1v) is 4.92. The molecule has 0 aliphatic carbocycles. The Labute approximate surface area is 67.8 Å². The highest BCUT2D eigenvalue weighted by molar-refractivity contribution is 7.81. The highest BCUT2D eigenvalue weighted by atomic mass is 32.3. The van der Waals surface area contributed by atoms with Crippen LogP contribution >= 0.6 is 0 Å². The molecular formula is C6H14O4S. The lowest BCUT2D eigenvalue weighted by molar-refractivity contribution is 0.169. The Morgan fingerprint density at radius 3 is 2.27 bits per heavy atom. The van der Waals surface area contributed by atoms with Crippen molar-refractivity contribution in [2.24, 2.45) is 0 Å². The normalized spacial score (nSPS) is 14.8. The number of hydrogen-bond donors (Lipinski definition) is 0. The van der Waals surface area contributed by atoms with Crippen LogP contribution in [0.15, 0.2) is 0 Å². The van der Waals surface area contributed by atoms with Crippen LogP contribution in [0.4, 0.5) is 0 Å². The maximum absolute atomic E-state index is 10.8. The molecule has 0 heterocycles. The Morgan fingerprint density at radius 1 is 1.36 bits per heavy atom. The Balaban J connectivity index is 3.92. The van der Waals surface area contributed by atoms with Gasteiger partial charge in [-0.3, -0.25) is 0 Å². The molecule has 4 nitrogen and oxygen atoms in total. The molecule has 68 valence electrons. The van der Waals surface area contributed by atoms with Crippen molar-refractivity contribution in [3.8, 4) is 0 Å². The van der Waals surface area contributed by atoms with Crippen molar-refractivity contribution >= 4 is 10.4 Å². The fourth-order valence-corrected chi connectivity index (χ4v) is 1.32. The third-order valence-corrected chi connectivity index (χ3v) is 2.21. The van der Waals surface area contributed by atoms with Gasteiger partial charge in [0.25, 0.3) is 0 Å². The zero-order valence-electron chi connectivity index (χ0n) is 7.03. The predicted octanol–water partition coefficient (Wildman–Crippen LogP) is 1.08. The molecule has 0 aliphatic heterocycles. The zero-order chi connectivity index (χ0) is 8.91. The second-order valence-corrected chi connectivity index (χ2v) is 3.37. The fourth-order valence-electron chi connectivity index (χ4n) is 0.441. The van der Waals surface area contributed by atoms with Gasteiger partial charge < -0.3 is 0 Å². The molecule has 0 rings (SSSR count). The first kappa shape index (κ1) is 10.9. The van der Waals surface area contributed by atoms with Gasteiger partial charge in [-0.1, -0.05) is 6.92 Å². The monoisotopic (exact) mass is 182 g/mol. The van der Waals surface area contributed by atoms with Crippen molar-refractivity contribution in [2.75, 3.05) is 6.61 Å². The van der Waals surface area contributed by atoms with Gasteiger partial charge >= 0.3 is 10.4 Å². The first-order valence-electron chi connectivity index (χ1n) is 3.59. The summed E-state index contributed by atoms with van der Waals surface area (Å²) in [5.41, 5.74) is 0. The lowest BCUT2D eigenvalue weighted by Gasteiger charge is -2.08. The van der Waals surface area contributed by atoms with E-state index in [4.69, 9.17) is 0 Å². The van der Waals surface area contributed by atoms with Crippen LogP contribution in [0.2, 0.25) is 0 Å². The van der Waals surface area contributed by atoms with E-state index in [9.17, 15) is 8.42 Å². The summed E-state index contributed by atoms with van der Waals surface area (Å²) >= 11 is 0. The fraction of sp³-hybridized carbons (Fsp3) is 1.00. The molecule has 0 aromatic heterocycles. The summed E-state index contributed by atoms with van der Waals surface area (Å²) in [6, 6.07) is 0. The van der Waals surface area contributed by atoms with E-state index in [0.29, 0.717) is 6.42 Å². The summed E-state index contributed by atoms with van der Waals surface area (Å²) in [4.78, 5) is 0. The van der Waals surface area contributed by atoms with Gasteiger partial charge in [0.15, 0.2) is 0 Å². The summed E-state index contributed by atoms with van der Waals surface area (Å²) in [5.74, 6) is 0. The summed E-state index contributed by atoms with van der Waals surface area (Å²) in [6.45, 7) is 5.22. The van der Waals surface area contributed by atoms with Crippen LogP contribution in [0.25, 0.3) is 0 Å². The van der Waals surface area contributed by atoms with E-state index in [-0.39, 0.29) is 12.7 Å². The van der Waals surface area contributed by atoms with E-state index in [1.165, 1.54) is 0 Å². The minimum atomic E-state index is -3.74. The summed E-state index contributed by atoms with van der Waals surface area (Å²) < 4.78 is 30.4. The molecular weight excluding hydrogens is 168 g/mol. The Hall–Kier alpha value is -0.130. The SMILES string of the molecule is CCOS(=O)(=O)OC(C)CC. The second kappa shape index (κ2) is 4.69. The van der Waals surface area contributed by atoms with E-state index in [2.05, 4.69) is 8.37 Å². The maximum atomic E-state index is 10.8. The molecule has 0 aliphatic rings. The largest absolute Gasteiger partial charge is 0.400 e. The minimum absolute atomic E-state index is 0.110. The Bertz CT molecular complexity index is 185. The molecule has 11 heavy (non-hydrogen) atoms. The lowest BCUT2D eigenvalue weighted by atomic mass is 10.3. The maximum Gasteiger partial charge on any atom is 0.400 e. The molecule has 0 radical (unpaired) electrons. The van der Waals surface area contributed by atoms with E-state index in [1.807, 2.05) is 6.92 Å². The standard InChI is InChI=1S/C6H14O4S/c1-4-6(3)10-11(7,8)9-5-2/h6H,4-5H2,1-3H3. The molecule has 0 saturated carbocycles. The van der Waals surface area contributed by atoms with Crippen LogP contribution in [0.3, 0.4) is 0 Å². The van der Waals surface area contributed by atoms with Gasteiger partial charge in [0.2, 0.25) is 0 Å². The van der Waals surface area contributed by atoms with Crippen LogP contribution in [0.1, 0.15) is 27.2 Å².